The van der Waals surface area contributed by atoms with Crippen LogP contribution in [0.3, 0.4) is 0 Å². The van der Waals surface area contributed by atoms with Gasteiger partial charge in [-0.2, -0.15) is 4.31 Å². The summed E-state index contributed by atoms with van der Waals surface area (Å²) in [5.74, 6) is 0.859. The van der Waals surface area contributed by atoms with Crippen molar-refractivity contribution < 1.29 is 17.9 Å². The molecular weight excluding hydrogens is 460 g/mol. The third-order valence-electron chi connectivity index (χ3n) is 5.53. The summed E-state index contributed by atoms with van der Waals surface area (Å²) in [7, 11) is -2.24. The number of ether oxygens (including phenoxy) is 1. The largest absolute Gasteiger partial charge is 0.495 e. The van der Waals surface area contributed by atoms with Gasteiger partial charge in [-0.25, -0.2) is 13.4 Å². The van der Waals surface area contributed by atoms with E-state index < -0.39 is 10.0 Å². The summed E-state index contributed by atoms with van der Waals surface area (Å²) in [5.41, 5.74) is 2.36. The minimum Gasteiger partial charge on any atom is -0.495 e. The summed E-state index contributed by atoms with van der Waals surface area (Å²) in [6, 6.07) is 12.6. The van der Waals surface area contributed by atoms with Crippen molar-refractivity contribution in [3.63, 3.8) is 0 Å². The first-order valence-corrected chi connectivity index (χ1v) is 13.5. The number of para-hydroxylation sites is 2. The third-order valence-corrected chi connectivity index (χ3v) is 8.41. The Labute approximate surface area is 198 Å². The Bertz CT molecular complexity index is 1190. The fraction of sp³-hybridized carbons (Fsp3) is 0.391. The highest BCUT2D eigenvalue weighted by molar-refractivity contribution is 7.99. The van der Waals surface area contributed by atoms with Crippen molar-refractivity contribution in [1.29, 1.82) is 0 Å². The number of carbonyl (C=O) groups excluding carboxylic acids is 1. The summed E-state index contributed by atoms with van der Waals surface area (Å²) in [6.45, 7) is 1.01. The van der Waals surface area contributed by atoms with Crippen molar-refractivity contribution in [2.45, 2.75) is 42.2 Å². The van der Waals surface area contributed by atoms with Crippen molar-refractivity contribution >= 4 is 44.4 Å². The van der Waals surface area contributed by atoms with Crippen LogP contribution in [-0.4, -0.2) is 54.6 Å². The average Bonchev–Trinajstić information content (AvgIpc) is 3.25. The Hall–Kier alpha value is -2.56. The minimum absolute atomic E-state index is 0.0881. The van der Waals surface area contributed by atoms with Crippen molar-refractivity contribution in [1.82, 2.24) is 14.3 Å². The van der Waals surface area contributed by atoms with Crippen LogP contribution in [-0.2, 0) is 14.8 Å². The van der Waals surface area contributed by atoms with Crippen LogP contribution < -0.4 is 10.1 Å². The van der Waals surface area contributed by atoms with Crippen LogP contribution in [0.25, 0.3) is 11.0 Å². The SMILES string of the molecule is COc1ccc(NC(=O)CCCSc2nc3ccccc3[nH]2)cc1S(=O)(=O)N1CCCCC1. The lowest BCUT2D eigenvalue weighted by molar-refractivity contribution is -0.116. The Morgan fingerprint density at radius 1 is 1.18 bits per heavy atom. The number of thioether (sulfide) groups is 1. The molecule has 10 heteroatoms. The van der Waals surface area contributed by atoms with Gasteiger partial charge < -0.3 is 15.0 Å². The van der Waals surface area contributed by atoms with Crippen LogP contribution in [0.4, 0.5) is 5.69 Å². The number of piperidine rings is 1. The molecule has 0 spiro atoms. The number of hydrogen-bond acceptors (Lipinski definition) is 6. The second-order valence-electron chi connectivity index (χ2n) is 7.89. The molecule has 1 aliphatic heterocycles. The normalized spacial score (nSPS) is 14.9. The van der Waals surface area contributed by atoms with E-state index in [0.717, 1.165) is 41.2 Å². The van der Waals surface area contributed by atoms with E-state index in [1.165, 1.54) is 17.5 Å². The van der Waals surface area contributed by atoms with E-state index in [1.54, 1.807) is 23.9 Å². The van der Waals surface area contributed by atoms with Gasteiger partial charge in [-0.05, 0) is 49.6 Å². The van der Waals surface area contributed by atoms with Gasteiger partial charge in [0, 0.05) is 31.0 Å². The van der Waals surface area contributed by atoms with Gasteiger partial charge in [-0.3, -0.25) is 4.79 Å². The summed E-state index contributed by atoms with van der Waals surface area (Å²) in [4.78, 5) is 20.3. The molecule has 1 saturated heterocycles. The molecule has 176 valence electrons. The van der Waals surface area contributed by atoms with Crippen molar-refractivity contribution in [3.8, 4) is 5.75 Å². The van der Waals surface area contributed by atoms with Crippen LogP contribution in [0.1, 0.15) is 32.1 Å². The van der Waals surface area contributed by atoms with Gasteiger partial charge in [0.05, 0.1) is 18.1 Å². The molecule has 2 N–H and O–H groups in total. The Balaban J connectivity index is 1.34. The van der Waals surface area contributed by atoms with Crippen molar-refractivity contribution in [2.24, 2.45) is 0 Å². The predicted molar refractivity (Wildman–Crippen MR) is 130 cm³/mol. The van der Waals surface area contributed by atoms with Crippen LogP contribution in [0.2, 0.25) is 0 Å². The van der Waals surface area contributed by atoms with Gasteiger partial charge >= 0.3 is 0 Å². The lowest BCUT2D eigenvalue weighted by atomic mass is 10.2. The number of rotatable bonds is 9. The molecule has 2 aromatic carbocycles. The second-order valence-corrected chi connectivity index (χ2v) is 10.9. The fourth-order valence-corrected chi connectivity index (χ4v) is 6.35. The zero-order valence-electron chi connectivity index (χ0n) is 18.5. The van der Waals surface area contributed by atoms with Crippen LogP contribution in [0.15, 0.2) is 52.5 Å². The summed E-state index contributed by atoms with van der Waals surface area (Å²) >= 11 is 1.57. The summed E-state index contributed by atoms with van der Waals surface area (Å²) in [6.07, 6.45) is 3.73. The number of imidazole rings is 1. The highest BCUT2D eigenvalue weighted by Crippen LogP contribution is 2.31. The summed E-state index contributed by atoms with van der Waals surface area (Å²) in [5, 5.41) is 3.65. The molecule has 1 aromatic heterocycles. The zero-order chi connectivity index (χ0) is 23.3. The number of aromatic nitrogens is 2. The molecule has 1 fully saturated rings. The van der Waals surface area contributed by atoms with Gasteiger partial charge in [0.25, 0.3) is 0 Å². The third kappa shape index (κ3) is 5.69. The molecule has 0 radical (unpaired) electrons. The van der Waals surface area contributed by atoms with Gasteiger partial charge in [0.2, 0.25) is 15.9 Å². The zero-order valence-corrected chi connectivity index (χ0v) is 20.2. The lowest BCUT2D eigenvalue weighted by Crippen LogP contribution is -2.35. The molecule has 0 saturated carbocycles. The highest BCUT2D eigenvalue weighted by Gasteiger charge is 2.29. The molecule has 0 aliphatic carbocycles. The lowest BCUT2D eigenvalue weighted by Gasteiger charge is -2.26. The number of fused-ring (bicyclic) bond motifs is 1. The first-order valence-electron chi connectivity index (χ1n) is 11.0. The standard InChI is InChI=1S/C23H28N4O4S2/c1-31-20-12-11-17(16-21(20)33(29,30)27-13-5-2-6-14-27)24-22(28)10-7-15-32-23-25-18-8-3-4-9-19(18)26-23/h3-4,8-9,11-12,16H,2,5-7,10,13-15H2,1H3,(H,24,28)(H,25,26). The van der Waals surface area contributed by atoms with E-state index >= 15 is 0 Å². The number of aromatic amines is 1. The van der Waals surface area contributed by atoms with Crippen molar-refractivity contribution in [3.05, 3.63) is 42.5 Å². The van der Waals surface area contributed by atoms with Gasteiger partial charge in [0.1, 0.15) is 10.6 Å². The predicted octanol–water partition coefficient (Wildman–Crippen LogP) is 4.26. The summed E-state index contributed by atoms with van der Waals surface area (Å²) < 4.78 is 33.1. The van der Waals surface area contributed by atoms with Gasteiger partial charge in [0.15, 0.2) is 5.16 Å². The Morgan fingerprint density at radius 2 is 1.97 bits per heavy atom. The number of methoxy groups -OCH3 is 1. The number of H-pyrrole nitrogens is 1. The molecular formula is C23H28N4O4S2. The number of nitrogens with one attached hydrogen (secondary N) is 2. The van der Waals surface area contributed by atoms with E-state index in [9.17, 15) is 13.2 Å². The van der Waals surface area contributed by atoms with Gasteiger partial charge in [-0.1, -0.05) is 30.3 Å². The smallest absolute Gasteiger partial charge is 0.246 e. The number of nitrogens with zero attached hydrogens (tertiary/aromatic N) is 2. The number of benzene rings is 2. The van der Waals surface area contributed by atoms with E-state index in [1.807, 2.05) is 24.3 Å². The molecule has 1 aliphatic rings. The minimum atomic E-state index is -3.68. The van der Waals surface area contributed by atoms with Crippen LogP contribution >= 0.6 is 11.8 Å². The van der Waals surface area contributed by atoms with E-state index in [-0.39, 0.29) is 16.6 Å². The quantitative estimate of drug-likeness (QED) is 0.345. The van der Waals surface area contributed by atoms with E-state index in [2.05, 4.69) is 15.3 Å². The van der Waals surface area contributed by atoms with Crippen LogP contribution in [0, 0.1) is 0 Å². The van der Waals surface area contributed by atoms with Gasteiger partial charge in [-0.15, -0.1) is 0 Å². The molecule has 3 aromatic rings. The van der Waals surface area contributed by atoms with Crippen LogP contribution in [0.5, 0.6) is 5.75 Å². The molecule has 0 bridgehead atoms. The molecule has 0 unspecified atom stereocenters. The molecule has 4 rings (SSSR count). The number of anilines is 1. The molecule has 8 nitrogen and oxygen atoms in total. The maximum absolute atomic E-state index is 13.1. The fourth-order valence-electron chi connectivity index (χ4n) is 3.82. The number of hydrogen-bond donors (Lipinski definition) is 2. The maximum atomic E-state index is 13.1. The first-order chi connectivity index (χ1) is 16.0. The average molecular weight is 489 g/mol. The topological polar surface area (TPSA) is 104 Å². The Kier molecular flexibility index (Phi) is 7.56. The molecule has 1 amide bonds. The first kappa shape index (κ1) is 23.6. The monoisotopic (exact) mass is 488 g/mol. The number of sulfonamides is 1. The molecule has 0 atom stereocenters. The maximum Gasteiger partial charge on any atom is 0.246 e. The Morgan fingerprint density at radius 3 is 2.73 bits per heavy atom. The number of amides is 1. The molecule has 2 heterocycles. The highest BCUT2D eigenvalue weighted by atomic mass is 32.2. The van der Waals surface area contributed by atoms with E-state index in [4.69, 9.17) is 4.74 Å². The number of carbonyl (C=O) groups is 1. The van der Waals surface area contributed by atoms with Crippen molar-refractivity contribution in [2.75, 3.05) is 31.3 Å². The molecule has 33 heavy (non-hydrogen) atoms. The van der Waals surface area contributed by atoms with E-state index in [0.29, 0.717) is 31.6 Å². The second kappa shape index (κ2) is 10.6.